The highest BCUT2D eigenvalue weighted by molar-refractivity contribution is 6.30. The highest BCUT2D eigenvalue weighted by Crippen LogP contribution is 2.12. The van der Waals surface area contributed by atoms with Crippen molar-refractivity contribution in [2.75, 3.05) is 6.61 Å². The van der Waals surface area contributed by atoms with Gasteiger partial charge in [-0.2, -0.15) is 10.4 Å². The minimum atomic E-state index is 0.601. The number of benzene rings is 1. The molecule has 0 unspecified atom stereocenters. The average molecular weight is 262 g/mol. The van der Waals surface area contributed by atoms with E-state index in [2.05, 4.69) is 11.2 Å². The molecule has 18 heavy (non-hydrogen) atoms. The molecule has 0 saturated heterocycles. The first kappa shape index (κ1) is 12.5. The molecule has 0 N–H and O–H groups in total. The normalized spacial score (nSPS) is 10.0. The van der Waals surface area contributed by atoms with Gasteiger partial charge in [0.05, 0.1) is 29.5 Å². The van der Waals surface area contributed by atoms with E-state index >= 15 is 0 Å². The van der Waals surface area contributed by atoms with Gasteiger partial charge in [-0.25, -0.2) is 0 Å². The Morgan fingerprint density at radius 3 is 2.72 bits per heavy atom. The minimum absolute atomic E-state index is 0.601. The summed E-state index contributed by atoms with van der Waals surface area (Å²) >= 11 is 5.76. The lowest BCUT2D eigenvalue weighted by molar-refractivity contribution is 0.298. The second-order valence-corrected chi connectivity index (χ2v) is 4.20. The third-order valence-corrected chi connectivity index (χ3v) is 2.58. The number of aromatic nitrogens is 2. The number of hydrogen-bond acceptors (Lipinski definition) is 3. The van der Waals surface area contributed by atoms with Gasteiger partial charge in [0.1, 0.15) is 5.75 Å². The van der Waals surface area contributed by atoms with Crippen LogP contribution in [0.5, 0.6) is 5.75 Å². The van der Waals surface area contributed by atoms with E-state index in [-0.39, 0.29) is 0 Å². The van der Waals surface area contributed by atoms with E-state index < -0.39 is 0 Å². The van der Waals surface area contributed by atoms with Gasteiger partial charge in [0.25, 0.3) is 0 Å². The average Bonchev–Trinajstić information content (AvgIpc) is 2.81. The van der Waals surface area contributed by atoms with Gasteiger partial charge >= 0.3 is 0 Å². The van der Waals surface area contributed by atoms with Crippen LogP contribution in [-0.4, -0.2) is 16.4 Å². The van der Waals surface area contributed by atoms with Crippen molar-refractivity contribution in [1.82, 2.24) is 9.78 Å². The largest absolute Gasteiger partial charge is 0.494 e. The molecule has 0 aliphatic carbocycles. The van der Waals surface area contributed by atoms with Crippen LogP contribution >= 0.6 is 11.6 Å². The number of hydrogen-bond donors (Lipinski definition) is 0. The summed E-state index contributed by atoms with van der Waals surface area (Å²) in [6.07, 6.45) is 4.24. The molecule has 0 aliphatic heterocycles. The van der Waals surface area contributed by atoms with Crippen LogP contribution in [0.1, 0.15) is 12.0 Å². The zero-order valence-corrected chi connectivity index (χ0v) is 10.5. The van der Waals surface area contributed by atoms with Crippen LogP contribution in [-0.2, 0) is 6.54 Å². The molecule has 2 aromatic rings. The molecule has 0 atom stereocenters. The van der Waals surface area contributed by atoms with Crippen molar-refractivity contribution in [3.8, 4) is 11.8 Å². The van der Waals surface area contributed by atoms with Crippen LogP contribution < -0.4 is 4.74 Å². The molecular weight excluding hydrogens is 250 g/mol. The molecule has 0 bridgehead atoms. The highest BCUT2D eigenvalue weighted by atomic mass is 35.5. The summed E-state index contributed by atoms with van der Waals surface area (Å²) in [7, 11) is 0. The standard InChI is InChI=1S/C13H12ClN3O/c14-12-9-16-17(10-12)6-1-7-18-13-4-2-11(8-15)3-5-13/h2-5,9-10H,1,6-7H2. The predicted octanol–water partition coefficient (Wildman–Crippen LogP) is 2.88. The molecule has 0 spiro atoms. The lowest BCUT2D eigenvalue weighted by Crippen LogP contribution is -2.04. The molecule has 0 radical (unpaired) electrons. The molecule has 0 fully saturated rings. The van der Waals surface area contributed by atoms with Gasteiger partial charge < -0.3 is 4.74 Å². The van der Waals surface area contributed by atoms with Gasteiger partial charge in [-0.05, 0) is 24.3 Å². The zero-order chi connectivity index (χ0) is 12.8. The summed E-state index contributed by atoms with van der Waals surface area (Å²) in [6, 6.07) is 9.13. The summed E-state index contributed by atoms with van der Waals surface area (Å²) in [5.74, 6) is 0.771. The molecule has 0 aliphatic rings. The lowest BCUT2D eigenvalue weighted by Gasteiger charge is -2.06. The van der Waals surface area contributed by atoms with Gasteiger partial charge in [0.2, 0.25) is 0 Å². The third-order valence-electron chi connectivity index (χ3n) is 2.39. The molecule has 1 aromatic heterocycles. The Balaban J connectivity index is 1.73. The van der Waals surface area contributed by atoms with Crippen molar-refractivity contribution in [3.05, 3.63) is 47.2 Å². The van der Waals surface area contributed by atoms with Crippen molar-refractivity contribution < 1.29 is 4.74 Å². The number of nitriles is 1. The summed E-state index contributed by atoms with van der Waals surface area (Å²) in [4.78, 5) is 0. The topological polar surface area (TPSA) is 50.8 Å². The Bertz CT molecular complexity index is 542. The molecule has 5 heteroatoms. The molecular formula is C13H12ClN3O. The van der Waals surface area contributed by atoms with Gasteiger partial charge in [-0.1, -0.05) is 11.6 Å². The van der Waals surface area contributed by atoms with Crippen LogP contribution in [0.25, 0.3) is 0 Å². The molecule has 1 heterocycles. The number of rotatable bonds is 5. The van der Waals surface area contributed by atoms with Crippen LogP contribution in [0.15, 0.2) is 36.7 Å². The summed E-state index contributed by atoms with van der Waals surface area (Å²) in [5, 5.41) is 13.4. The van der Waals surface area contributed by atoms with E-state index in [1.165, 1.54) is 0 Å². The highest BCUT2D eigenvalue weighted by Gasteiger charge is 1.97. The van der Waals surface area contributed by atoms with E-state index in [1.54, 1.807) is 41.3 Å². The van der Waals surface area contributed by atoms with E-state index in [1.807, 2.05) is 0 Å². The van der Waals surface area contributed by atoms with Gasteiger partial charge in [-0.15, -0.1) is 0 Å². The Kier molecular flexibility index (Phi) is 4.21. The summed E-state index contributed by atoms with van der Waals surface area (Å²) in [6.45, 7) is 1.37. The second kappa shape index (κ2) is 6.08. The molecule has 2 rings (SSSR count). The second-order valence-electron chi connectivity index (χ2n) is 3.76. The quantitative estimate of drug-likeness (QED) is 0.778. The predicted molar refractivity (Wildman–Crippen MR) is 68.5 cm³/mol. The maximum Gasteiger partial charge on any atom is 0.119 e. The molecule has 0 saturated carbocycles. The van der Waals surface area contributed by atoms with Gasteiger partial charge in [-0.3, -0.25) is 4.68 Å². The monoisotopic (exact) mass is 261 g/mol. The number of ether oxygens (including phenoxy) is 1. The Morgan fingerprint density at radius 2 is 2.11 bits per heavy atom. The van der Waals surface area contributed by atoms with Crippen molar-refractivity contribution in [3.63, 3.8) is 0 Å². The maximum atomic E-state index is 8.66. The minimum Gasteiger partial charge on any atom is -0.494 e. The van der Waals surface area contributed by atoms with Crippen LogP contribution in [0.3, 0.4) is 0 Å². The molecule has 0 amide bonds. The zero-order valence-electron chi connectivity index (χ0n) is 9.71. The van der Waals surface area contributed by atoms with Crippen molar-refractivity contribution in [1.29, 1.82) is 5.26 Å². The third kappa shape index (κ3) is 3.51. The fraction of sp³-hybridized carbons (Fsp3) is 0.231. The molecule has 4 nitrogen and oxygen atoms in total. The van der Waals surface area contributed by atoms with Crippen molar-refractivity contribution in [2.45, 2.75) is 13.0 Å². The van der Waals surface area contributed by atoms with Crippen LogP contribution in [0.2, 0.25) is 5.02 Å². The SMILES string of the molecule is N#Cc1ccc(OCCCn2cc(Cl)cn2)cc1. The first-order valence-corrected chi connectivity index (χ1v) is 5.96. The first-order valence-electron chi connectivity index (χ1n) is 5.59. The van der Waals surface area contributed by atoms with Crippen LogP contribution in [0.4, 0.5) is 0 Å². The van der Waals surface area contributed by atoms with E-state index in [4.69, 9.17) is 21.6 Å². The van der Waals surface area contributed by atoms with Crippen molar-refractivity contribution >= 4 is 11.6 Å². The molecule has 92 valence electrons. The Hall–Kier alpha value is -1.99. The van der Waals surface area contributed by atoms with Gasteiger partial charge in [0, 0.05) is 19.2 Å². The maximum absolute atomic E-state index is 8.66. The number of aryl methyl sites for hydroxylation is 1. The number of halogens is 1. The fourth-order valence-electron chi connectivity index (χ4n) is 1.50. The Labute approximate surface area is 110 Å². The van der Waals surface area contributed by atoms with E-state index in [0.29, 0.717) is 17.2 Å². The van der Waals surface area contributed by atoms with Crippen molar-refractivity contribution in [2.24, 2.45) is 0 Å². The summed E-state index contributed by atoms with van der Waals surface area (Å²) in [5.41, 5.74) is 0.633. The lowest BCUT2D eigenvalue weighted by atomic mass is 10.2. The summed E-state index contributed by atoms with van der Waals surface area (Å²) < 4.78 is 7.33. The smallest absolute Gasteiger partial charge is 0.119 e. The Morgan fingerprint density at radius 1 is 1.33 bits per heavy atom. The van der Waals surface area contributed by atoms with Gasteiger partial charge in [0.15, 0.2) is 0 Å². The fourth-order valence-corrected chi connectivity index (χ4v) is 1.66. The van der Waals surface area contributed by atoms with E-state index in [0.717, 1.165) is 18.7 Å². The van der Waals surface area contributed by atoms with Crippen LogP contribution in [0, 0.1) is 11.3 Å². The van der Waals surface area contributed by atoms with E-state index in [9.17, 15) is 0 Å². The first-order chi connectivity index (χ1) is 8.78. The molecule has 1 aromatic carbocycles. The number of nitrogens with zero attached hydrogens (tertiary/aromatic N) is 3.